The van der Waals surface area contributed by atoms with Crippen LogP contribution in [0.5, 0.6) is 0 Å². The highest BCUT2D eigenvalue weighted by Crippen LogP contribution is 2.35. The highest BCUT2D eigenvalue weighted by molar-refractivity contribution is 5.82. The van der Waals surface area contributed by atoms with Gasteiger partial charge in [0.15, 0.2) is 0 Å². The predicted octanol–water partition coefficient (Wildman–Crippen LogP) is 3.06. The minimum absolute atomic E-state index is 0.0586. The molecule has 90 valence electrons. The first-order chi connectivity index (χ1) is 7.97. The van der Waals surface area contributed by atoms with Gasteiger partial charge in [0.1, 0.15) is 0 Å². The molecule has 2 nitrogen and oxygen atoms in total. The molecule has 2 N–H and O–H groups in total. The molecule has 0 amide bonds. The fourth-order valence-corrected chi connectivity index (χ4v) is 2.44. The summed E-state index contributed by atoms with van der Waals surface area (Å²) in [4.78, 5) is 0. The van der Waals surface area contributed by atoms with Gasteiger partial charge >= 0.3 is 6.18 Å². The van der Waals surface area contributed by atoms with Gasteiger partial charge in [0.2, 0.25) is 0 Å². The highest BCUT2D eigenvalue weighted by Gasteiger charge is 2.31. The van der Waals surface area contributed by atoms with Crippen LogP contribution >= 0.6 is 0 Å². The fraction of sp³-hybridized carbons (Fsp3) is 0.333. The molecule has 1 unspecified atom stereocenters. The number of rotatable bonds is 0. The molecule has 1 aliphatic rings. The monoisotopic (exact) mass is 240 g/mol. The number of nitrogens with two attached hydrogens (primary N) is 1. The number of nitrogens with zero attached hydrogens (tertiary/aromatic N) is 1. The Kier molecular flexibility index (Phi) is 2.04. The SMILES string of the molecule is NC1CCn2c1cc1cc(C(F)(F)F)ccc12. The Labute approximate surface area is 95.8 Å². The lowest BCUT2D eigenvalue weighted by Gasteiger charge is -2.07. The standard InChI is InChI=1S/C12H11F3N2/c13-12(14,15)8-1-2-10-7(5-8)6-11-9(16)3-4-17(10)11/h1-2,5-6,9H,3-4,16H2. The molecule has 3 rings (SSSR count). The normalized spacial score (nSPS) is 19.9. The largest absolute Gasteiger partial charge is 0.416 e. The van der Waals surface area contributed by atoms with Crippen LogP contribution in [0.1, 0.15) is 23.7 Å². The quantitative estimate of drug-likeness (QED) is 0.753. The fourth-order valence-electron chi connectivity index (χ4n) is 2.44. The van der Waals surface area contributed by atoms with E-state index in [-0.39, 0.29) is 6.04 Å². The maximum Gasteiger partial charge on any atom is 0.416 e. The second-order valence-electron chi connectivity index (χ2n) is 4.39. The summed E-state index contributed by atoms with van der Waals surface area (Å²) in [5, 5.41) is 0.616. The molecular formula is C12H11F3N2. The van der Waals surface area contributed by atoms with Gasteiger partial charge in [-0.05, 0) is 30.7 Å². The lowest BCUT2D eigenvalue weighted by atomic mass is 10.1. The molecule has 1 aromatic carbocycles. The average Bonchev–Trinajstić information content (AvgIpc) is 2.77. The van der Waals surface area contributed by atoms with Crippen molar-refractivity contribution in [2.45, 2.75) is 25.2 Å². The smallest absolute Gasteiger partial charge is 0.343 e. The summed E-state index contributed by atoms with van der Waals surface area (Å²) < 4.78 is 39.7. The molecule has 0 fully saturated rings. The molecule has 2 heterocycles. The van der Waals surface area contributed by atoms with Gasteiger partial charge in [-0.25, -0.2) is 0 Å². The predicted molar refractivity (Wildman–Crippen MR) is 58.5 cm³/mol. The number of halogens is 3. The Bertz CT molecular complexity index is 583. The van der Waals surface area contributed by atoms with E-state index in [1.54, 1.807) is 6.07 Å². The van der Waals surface area contributed by atoms with Crippen LogP contribution in [0, 0.1) is 0 Å². The van der Waals surface area contributed by atoms with Crippen molar-refractivity contribution in [3.05, 3.63) is 35.5 Å². The van der Waals surface area contributed by atoms with Crippen molar-refractivity contribution in [1.82, 2.24) is 4.57 Å². The third kappa shape index (κ3) is 1.53. The molecule has 1 aliphatic heterocycles. The molecule has 5 heteroatoms. The summed E-state index contributed by atoms with van der Waals surface area (Å²) in [6.07, 6.45) is -3.44. The Hall–Kier alpha value is -1.49. The van der Waals surface area contributed by atoms with Crippen molar-refractivity contribution in [3.63, 3.8) is 0 Å². The number of hydrogen-bond acceptors (Lipinski definition) is 1. The number of aryl methyl sites for hydroxylation is 1. The number of alkyl halides is 3. The second-order valence-corrected chi connectivity index (χ2v) is 4.39. The summed E-state index contributed by atoms with van der Waals surface area (Å²) >= 11 is 0. The molecule has 0 spiro atoms. The van der Waals surface area contributed by atoms with E-state index in [0.29, 0.717) is 5.39 Å². The molecule has 1 aromatic heterocycles. The van der Waals surface area contributed by atoms with E-state index in [1.165, 1.54) is 12.1 Å². The topological polar surface area (TPSA) is 30.9 Å². The van der Waals surface area contributed by atoms with Gasteiger partial charge in [-0.15, -0.1) is 0 Å². The molecule has 0 saturated carbocycles. The van der Waals surface area contributed by atoms with Crippen LogP contribution in [-0.2, 0) is 12.7 Å². The van der Waals surface area contributed by atoms with Crippen molar-refractivity contribution in [2.75, 3.05) is 0 Å². The van der Waals surface area contributed by atoms with Crippen LogP contribution in [0.3, 0.4) is 0 Å². The first-order valence-electron chi connectivity index (χ1n) is 5.43. The van der Waals surface area contributed by atoms with E-state index in [2.05, 4.69) is 0 Å². The maximum absolute atomic E-state index is 12.6. The lowest BCUT2D eigenvalue weighted by molar-refractivity contribution is -0.137. The van der Waals surface area contributed by atoms with Gasteiger partial charge < -0.3 is 10.3 Å². The molecule has 0 saturated heterocycles. The first kappa shape index (κ1) is 10.7. The Morgan fingerprint density at radius 2 is 2.00 bits per heavy atom. The van der Waals surface area contributed by atoms with E-state index in [1.807, 2.05) is 4.57 Å². The maximum atomic E-state index is 12.6. The Balaban J connectivity index is 2.20. The van der Waals surface area contributed by atoms with Crippen molar-refractivity contribution in [3.8, 4) is 0 Å². The average molecular weight is 240 g/mol. The molecule has 0 bridgehead atoms. The third-order valence-corrected chi connectivity index (χ3v) is 3.30. The van der Waals surface area contributed by atoms with Gasteiger partial charge in [0, 0.05) is 29.2 Å². The summed E-state index contributed by atoms with van der Waals surface area (Å²) in [5.41, 5.74) is 7.05. The zero-order valence-electron chi connectivity index (χ0n) is 8.96. The van der Waals surface area contributed by atoms with Gasteiger partial charge in [-0.2, -0.15) is 13.2 Å². The molecule has 2 aromatic rings. The van der Waals surface area contributed by atoms with Crippen molar-refractivity contribution in [1.29, 1.82) is 0 Å². The van der Waals surface area contributed by atoms with Crippen LogP contribution in [-0.4, -0.2) is 4.57 Å². The van der Waals surface area contributed by atoms with Gasteiger partial charge in [-0.1, -0.05) is 0 Å². The molecular weight excluding hydrogens is 229 g/mol. The van der Waals surface area contributed by atoms with E-state index >= 15 is 0 Å². The molecule has 0 radical (unpaired) electrons. The summed E-state index contributed by atoms with van der Waals surface area (Å²) in [6.45, 7) is 0.783. The van der Waals surface area contributed by atoms with Crippen LogP contribution < -0.4 is 5.73 Å². The number of hydrogen-bond donors (Lipinski definition) is 1. The molecule has 0 aliphatic carbocycles. The highest BCUT2D eigenvalue weighted by atomic mass is 19.4. The summed E-state index contributed by atoms with van der Waals surface area (Å²) in [7, 11) is 0. The first-order valence-corrected chi connectivity index (χ1v) is 5.43. The van der Waals surface area contributed by atoms with E-state index in [0.717, 1.165) is 30.2 Å². The molecule has 17 heavy (non-hydrogen) atoms. The van der Waals surface area contributed by atoms with Gasteiger partial charge in [0.25, 0.3) is 0 Å². The van der Waals surface area contributed by atoms with Crippen molar-refractivity contribution < 1.29 is 13.2 Å². The van der Waals surface area contributed by atoms with Crippen LogP contribution in [0.15, 0.2) is 24.3 Å². The van der Waals surface area contributed by atoms with Gasteiger partial charge in [0.05, 0.1) is 5.56 Å². The minimum Gasteiger partial charge on any atom is -0.343 e. The van der Waals surface area contributed by atoms with Crippen molar-refractivity contribution >= 4 is 10.9 Å². The van der Waals surface area contributed by atoms with Gasteiger partial charge in [-0.3, -0.25) is 0 Å². The number of aromatic nitrogens is 1. The lowest BCUT2D eigenvalue weighted by Crippen LogP contribution is -2.04. The van der Waals surface area contributed by atoms with Crippen LogP contribution in [0.25, 0.3) is 10.9 Å². The summed E-state index contributed by atoms with van der Waals surface area (Å²) in [5.74, 6) is 0. The third-order valence-electron chi connectivity index (χ3n) is 3.30. The number of fused-ring (bicyclic) bond motifs is 3. The van der Waals surface area contributed by atoms with Crippen LogP contribution in [0.4, 0.5) is 13.2 Å². The Morgan fingerprint density at radius 1 is 1.24 bits per heavy atom. The zero-order valence-corrected chi connectivity index (χ0v) is 8.96. The zero-order chi connectivity index (χ0) is 12.2. The summed E-state index contributed by atoms with van der Waals surface area (Å²) in [6, 6.07) is 5.55. The van der Waals surface area contributed by atoms with E-state index in [4.69, 9.17) is 5.73 Å². The van der Waals surface area contributed by atoms with E-state index in [9.17, 15) is 13.2 Å². The van der Waals surface area contributed by atoms with Crippen molar-refractivity contribution in [2.24, 2.45) is 5.73 Å². The van der Waals surface area contributed by atoms with Crippen LogP contribution in [0.2, 0.25) is 0 Å². The number of benzene rings is 1. The second kappa shape index (κ2) is 3.26. The Morgan fingerprint density at radius 3 is 2.71 bits per heavy atom. The molecule has 1 atom stereocenters. The minimum atomic E-state index is -4.29. The van der Waals surface area contributed by atoms with E-state index < -0.39 is 11.7 Å².